The van der Waals surface area contributed by atoms with Crippen LogP contribution >= 0.6 is 0 Å². The van der Waals surface area contributed by atoms with Gasteiger partial charge in [-0.3, -0.25) is 14.4 Å². The first-order valence-electron chi connectivity index (χ1n) is 11.1. The number of H-pyrrole nitrogens is 1. The molecule has 0 saturated carbocycles. The number of aromatic nitrogens is 5. The van der Waals surface area contributed by atoms with E-state index in [2.05, 4.69) is 20.3 Å². The van der Waals surface area contributed by atoms with Gasteiger partial charge in [-0.15, -0.1) is 5.10 Å². The second-order valence-electron chi connectivity index (χ2n) is 8.26. The van der Waals surface area contributed by atoms with E-state index in [0.717, 1.165) is 19.0 Å². The Kier molecular flexibility index (Phi) is 5.95. The van der Waals surface area contributed by atoms with Gasteiger partial charge >= 0.3 is 0 Å². The average Bonchev–Trinajstić information content (AvgIpc) is 3.59. The summed E-state index contributed by atoms with van der Waals surface area (Å²) < 4.78 is 16.0. The molecule has 180 valence electrons. The molecule has 1 atom stereocenters. The number of hydrogen-bond donors (Lipinski definition) is 2. The van der Waals surface area contributed by atoms with E-state index >= 15 is 0 Å². The Labute approximate surface area is 198 Å². The van der Waals surface area contributed by atoms with Crippen molar-refractivity contribution in [1.82, 2.24) is 34.8 Å². The maximum atomic E-state index is 14.7. The molecule has 0 radical (unpaired) electrons. The van der Waals surface area contributed by atoms with Crippen LogP contribution in [0.25, 0.3) is 16.7 Å². The minimum atomic E-state index is -1.25. The number of halogens is 1. The standard InChI is InChI=1S/C23H22FN7O4/c24-16-13-26-21(31-7-6-27-28-31)18-17(16)15(12-25-18)20(33)23(35)30-10-8-29(9-11-30)22(34)19(32)14-4-2-1-3-5-14/h2,4-7,12-13,19,25,32H,1,3,8-11H2/t19-/m1/s1. The molecular weight excluding hydrogens is 457 g/mol. The van der Waals surface area contributed by atoms with Crippen LogP contribution in [0.15, 0.2) is 48.6 Å². The third-order valence-electron chi connectivity index (χ3n) is 6.17. The molecule has 1 aliphatic heterocycles. The molecular formula is C23H22FN7O4. The van der Waals surface area contributed by atoms with Crippen LogP contribution in [-0.4, -0.2) is 89.7 Å². The lowest BCUT2D eigenvalue weighted by Gasteiger charge is -2.35. The second-order valence-corrected chi connectivity index (χ2v) is 8.26. The number of carbonyl (C=O) groups excluding carboxylic acids is 3. The number of pyridine rings is 1. The zero-order valence-electron chi connectivity index (χ0n) is 18.6. The van der Waals surface area contributed by atoms with Crippen molar-refractivity contribution in [3.05, 3.63) is 60.0 Å². The van der Waals surface area contributed by atoms with Gasteiger partial charge in [0, 0.05) is 32.4 Å². The van der Waals surface area contributed by atoms with Crippen molar-refractivity contribution >= 4 is 28.5 Å². The highest BCUT2D eigenvalue weighted by molar-refractivity contribution is 6.45. The fourth-order valence-electron chi connectivity index (χ4n) is 4.31. The van der Waals surface area contributed by atoms with E-state index < -0.39 is 29.5 Å². The van der Waals surface area contributed by atoms with E-state index in [1.807, 2.05) is 12.2 Å². The van der Waals surface area contributed by atoms with Crippen molar-refractivity contribution in [2.75, 3.05) is 26.2 Å². The highest BCUT2D eigenvalue weighted by Gasteiger charge is 2.33. The number of carbonyl (C=O) groups is 3. The lowest BCUT2D eigenvalue weighted by atomic mass is 10.0. The van der Waals surface area contributed by atoms with Crippen LogP contribution in [0.3, 0.4) is 0 Å². The lowest BCUT2D eigenvalue weighted by molar-refractivity contribution is -0.142. The monoisotopic (exact) mass is 479 g/mol. The molecule has 2 aliphatic rings. The smallest absolute Gasteiger partial charge is 0.295 e. The lowest BCUT2D eigenvalue weighted by Crippen LogP contribution is -2.54. The topological polar surface area (TPSA) is 137 Å². The van der Waals surface area contributed by atoms with Gasteiger partial charge in [0.1, 0.15) is 0 Å². The highest BCUT2D eigenvalue weighted by Crippen LogP contribution is 2.26. The predicted molar refractivity (Wildman–Crippen MR) is 121 cm³/mol. The summed E-state index contributed by atoms with van der Waals surface area (Å²) >= 11 is 0. The predicted octanol–water partition coefficient (Wildman–Crippen LogP) is 0.773. The van der Waals surface area contributed by atoms with Crippen LogP contribution in [-0.2, 0) is 9.59 Å². The number of aliphatic hydroxyl groups is 1. The zero-order chi connectivity index (χ0) is 24.5. The molecule has 2 N–H and O–H groups in total. The van der Waals surface area contributed by atoms with Crippen LogP contribution in [0.1, 0.15) is 23.2 Å². The van der Waals surface area contributed by atoms with Crippen molar-refractivity contribution in [1.29, 1.82) is 0 Å². The van der Waals surface area contributed by atoms with Crippen molar-refractivity contribution in [3.8, 4) is 5.82 Å². The molecule has 0 unspecified atom stereocenters. The Morgan fingerprint density at radius 2 is 1.89 bits per heavy atom. The van der Waals surface area contributed by atoms with Crippen molar-refractivity contribution in [2.24, 2.45) is 0 Å². The van der Waals surface area contributed by atoms with Crippen molar-refractivity contribution in [2.45, 2.75) is 18.9 Å². The molecule has 0 spiro atoms. The van der Waals surface area contributed by atoms with Crippen molar-refractivity contribution < 1.29 is 23.9 Å². The Balaban J connectivity index is 1.29. The Bertz CT molecular complexity index is 1350. The van der Waals surface area contributed by atoms with Gasteiger partial charge in [-0.1, -0.05) is 23.4 Å². The van der Waals surface area contributed by atoms with Crippen LogP contribution in [0, 0.1) is 5.82 Å². The maximum absolute atomic E-state index is 14.7. The van der Waals surface area contributed by atoms with E-state index in [4.69, 9.17) is 0 Å². The van der Waals surface area contributed by atoms with Gasteiger partial charge in [-0.25, -0.2) is 14.1 Å². The molecule has 1 aliphatic carbocycles. The summed E-state index contributed by atoms with van der Waals surface area (Å²) in [6, 6.07) is 0. The molecule has 12 heteroatoms. The third kappa shape index (κ3) is 4.12. The number of nitrogens with zero attached hydrogens (tertiary/aromatic N) is 6. The first-order valence-corrected chi connectivity index (χ1v) is 11.1. The van der Waals surface area contributed by atoms with Gasteiger partial charge in [0.25, 0.3) is 17.6 Å². The summed E-state index contributed by atoms with van der Waals surface area (Å²) in [5, 5.41) is 17.9. The summed E-state index contributed by atoms with van der Waals surface area (Å²) in [6.45, 7) is 0.589. The first kappa shape index (κ1) is 22.6. The third-order valence-corrected chi connectivity index (χ3v) is 6.17. The quantitative estimate of drug-likeness (QED) is 0.407. The summed E-state index contributed by atoms with van der Waals surface area (Å²) in [4.78, 5) is 48.3. The zero-order valence-corrected chi connectivity index (χ0v) is 18.6. The summed E-state index contributed by atoms with van der Waals surface area (Å²) in [5.74, 6) is -2.62. The molecule has 35 heavy (non-hydrogen) atoms. The Hall–Kier alpha value is -4.19. The summed E-state index contributed by atoms with van der Waals surface area (Å²) in [5.41, 5.74) is 0.661. The van der Waals surface area contributed by atoms with Gasteiger partial charge in [-0.2, -0.15) is 0 Å². The number of allylic oxidation sites excluding steroid dienone is 2. The van der Waals surface area contributed by atoms with Crippen LogP contribution in [0.4, 0.5) is 4.39 Å². The van der Waals surface area contributed by atoms with E-state index in [0.29, 0.717) is 5.57 Å². The number of aliphatic hydroxyl groups excluding tert-OH is 1. The molecule has 0 bridgehead atoms. The van der Waals surface area contributed by atoms with Gasteiger partial charge in [0.15, 0.2) is 17.7 Å². The molecule has 1 fully saturated rings. The van der Waals surface area contributed by atoms with Crippen LogP contribution < -0.4 is 0 Å². The van der Waals surface area contributed by atoms with Crippen LogP contribution in [0.5, 0.6) is 0 Å². The largest absolute Gasteiger partial charge is 0.378 e. The molecule has 11 nitrogen and oxygen atoms in total. The Morgan fingerprint density at radius 3 is 2.57 bits per heavy atom. The number of ketones is 1. The second kappa shape index (κ2) is 9.22. The van der Waals surface area contributed by atoms with E-state index in [1.165, 1.54) is 33.1 Å². The van der Waals surface area contributed by atoms with E-state index in [1.54, 1.807) is 6.08 Å². The molecule has 0 aromatic carbocycles. The maximum Gasteiger partial charge on any atom is 0.295 e. The van der Waals surface area contributed by atoms with Crippen LogP contribution in [0.2, 0.25) is 0 Å². The van der Waals surface area contributed by atoms with E-state index in [-0.39, 0.29) is 48.5 Å². The number of Topliss-reactive ketones (excluding diaryl/α,β-unsaturated/α-hetero) is 1. The normalized spacial score (nSPS) is 16.9. The van der Waals surface area contributed by atoms with Gasteiger partial charge < -0.3 is 19.9 Å². The SMILES string of the molecule is O=C(C(=O)N1CCN(C(=O)[C@H](O)C2=CCCC=C2)CC1)c1c[nH]c2c(-n3ccnn3)ncc(F)c12. The number of aromatic amines is 1. The molecule has 2 amide bonds. The Morgan fingerprint density at radius 1 is 1.11 bits per heavy atom. The molecule has 5 rings (SSSR count). The minimum Gasteiger partial charge on any atom is -0.378 e. The fourth-order valence-corrected chi connectivity index (χ4v) is 4.31. The van der Waals surface area contributed by atoms with Gasteiger partial charge in [0.05, 0.1) is 35.1 Å². The number of amides is 2. The van der Waals surface area contributed by atoms with E-state index in [9.17, 15) is 23.9 Å². The number of fused-ring (bicyclic) bond motifs is 1. The minimum absolute atomic E-state index is 0.0606. The summed E-state index contributed by atoms with van der Waals surface area (Å²) in [6.07, 6.45) is 11.1. The highest BCUT2D eigenvalue weighted by atomic mass is 19.1. The first-order chi connectivity index (χ1) is 17.0. The number of piperazine rings is 1. The fraction of sp³-hybridized carbons (Fsp3) is 0.304. The number of rotatable bonds is 5. The van der Waals surface area contributed by atoms with Crippen molar-refractivity contribution in [3.63, 3.8) is 0 Å². The molecule has 4 heterocycles. The average molecular weight is 479 g/mol. The summed E-state index contributed by atoms with van der Waals surface area (Å²) in [7, 11) is 0. The van der Waals surface area contributed by atoms with Gasteiger partial charge in [0.2, 0.25) is 0 Å². The molecule has 3 aromatic heterocycles. The molecule has 3 aromatic rings. The number of hydrogen-bond acceptors (Lipinski definition) is 7. The number of nitrogens with one attached hydrogen (secondary N) is 1. The molecule has 1 saturated heterocycles. The van der Waals surface area contributed by atoms with Gasteiger partial charge in [-0.05, 0) is 18.4 Å².